The average Bonchev–Trinajstić information content (AvgIpc) is 3.22. The van der Waals surface area contributed by atoms with Gasteiger partial charge in [-0.25, -0.2) is 4.98 Å². The molecule has 0 aliphatic heterocycles. The van der Waals surface area contributed by atoms with Crippen LogP contribution < -0.4 is 5.32 Å². The first-order chi connectivity index (χ1) is 11.7. The Labute approximate surface area is 148 Å². The molecule has 0 saturated carbocycles. The second-order valence-corrected chi connectivity index (χ2v) is 6.28. The van der Waals surface area contributed by atoms with Crippen LogP contribution in [0.15, 0.2) is 42.0 Å². The molecule has 6 nitrogen and oxygen atoms in total. The number of anilines is 1. The van der Waals surface area contributed by atoms with E-state index in [0.29, 0.717) is 29.6 Å². The number of hydrogen-bond acceptors (Lipinski definition) is 5. The summed E-state index contributed by atoms with van der Waals surface area (Å²) in [5.74, 6) is -0.272. The molecule has 0 spiro atoms. The lowest BCUT2D eigenvalue weighted by Crippen LogP contribution is -2.12. The summed E-state index contributed by atoms with van der Waals surface area (Å²) in [6.07, 6.45) is 3.35. The predicted octanol–water partition coefficient (Wildman–Crippen LogP) is 3.56. The van der Waals surface area contributed by atoms with Crippen molar-refractivity contribution in [3.8, 4) is 10.6 Å². The second-order valence-electron chi connectivity index (χ2n) is 4.99. The zero-order valence-electron chi connectivity index (χ0n) is 12.9. The number of nitrogens with one attached hydrogen (secondary N) is 1. The van der Waals surface area contributed by atoms with Gasteiger partial charge < -0.3 is 10.1 Å². The molecule has 124 valence electrons. The molecule has 0 unspecified atom stereocenters. The van der Waals surface area contributed by atoms with E-state index in [0.717, 1.165) is 10.6 Å². The highest BCUT2D eigenvalue weighted by atomic mass is 35.5. The molecule has 0 bridgehead atoms. The molecule has 3 aromatic rings. The van der Waals surface area contributed by atoms with E-state index >= 15 is 0 Å². The van der Waals surface area contributed by atoms with Crippen LogP contribution in [0.2, 0.25) is 5.02 Å². The van der Waals surface area contributed by atoms with Crippen LogP contribution in [0.4, 0.5) is 5.69 Å². The lowest BCUT2D eigenvalue weighted by Gasteiger charge is -2.00. The predicted molar refractivity (Wildman–Crippen MR) is 94.6 cm³/mol. The number of benzene rings is 1. The quantitative estimate of drug-likeness (QED) is 0.728. The van der Waals surface area contributed by atoms with E-state index < -0.39 is 0 Å². The molecule has 24 heavy (non-hydrogen) atoms. The van der Waals surface area contributed by atoms with Crippen molar-refractivity contribution in [2.45, 2.75) is 6.54 Å². The molecule has 0 aliphatic carbocycles. The summed E-state index contributed by atoms with van der Waals surface area (Å²) >= 11 is 7.39. The molecule has 0 atom stereocenters. The standard InChI is InChI=1S/C16H15ClN4O2S/c1-23-6-5-21-9-13(8-18-21)19-15(22)14-10-24-16(20-14)11-3-2-4-12(17)7-11/h2-4,7-10H,5-6H2,1H3,(H,19,22). The number of carbonyl (C=O) groups excluding carboxylic acids is 1. The average molecular weight is 363 g/mol. The smallest absolute Gasteiger partial charge is 0.275 e. The molecular formula is C16H15ClN4O2S. The molecule has 2 aromatic heterocycles. The van der Waals surface area contributed by atoms with Gasteiger partial charge in [-0.1, -0.05) is 23.7 Å². The van der Waals surface area contributed by atoms with Crippen molar-refractivity contribution in [2.75, 3.05) is 19.0 Å². The van der Waals surface area contributed by atoms with Crippen LogP contribution in [0.1, 0.15) is 10.5 Å². The number of hydrogen-bond donors (Lipinski definition) is 1. The minimum Gasteiger partial charge on any atom is -0.383 e. The fourth-order valence-electron chi connectivity index (χ4n) is 2.06. The molecule has 0 fully saturated rings. The van der Waals surface area contributed by atoms with Crippen molar-refractivity contribution < 1.29 is 9.53 Å². The first-order valence-corrected chi connectivity index (χ1v) is 8.45. The fraction of sp³-hybridized carbons (Fsp3) is 0.188. The first-order valence-electron chi connectivity index (χ1n) is 7.20. The number of aromatic nitrogens is 3. The van der Waals surface area contributed by atoms with Gasteiger partial charge in [-0.2, -0.15) is 5.10 Å². The highest BCUT2D eigenvalue weighted by Gasteiger charge is 2.13. The lowest BCUT2D eigenvalue weighted by atomic mass is 10.2. The summed E-state index contributed by atoms with van der Waals surface area (Å²) in [7, 11) is 1.63. The molecule has 1 N–H and O–H groups in total. The normalized spacial score (nSPS) is 10.8. The van der Waals surface area contributed by atoms with Gasteiger partial charge in [0, 0.05) is 29.3 Å². The number of methoxy groups -OCH3 is 1. The molecular weight excluding hydrogens is 348 g/mol. The van der Waals surface area contributed by atoms with E-state index in [1.165, 1.54) is 11.3 Å². The third-order valence-corrected chi connectivity index (χ3v) is 4.35. The van der Waals surface area contributed by atoms with Gasteiger partial charge in [0.2, 0.25) is 0 Å². The van der Waals surface area contributed by atoms with Crippen LogP contribution in [-0.4, -0.2) is 34.4 Å². The minimum absolute atomic E-state index is 0.272. The Kier molecular flexibility index (Phi) is 5.24. The van der Waals surface area contributed by atoms with E-state index in [2.05, 4.69) is 15.4 Å². The largest absolute Gasteiger partial charge is 0.383 e. The number of ether oxygens (including phenoxy) is 1. The Morgan fingerprint density at radius 3 is 3.12 bits per heavy atom. The Hall–Kier alpha value is -2.22. The fourth-order valence-corrected chi connectivity index (χ4v) is 3.05. The summed E-state index contributed by atoms with van der Waals surface area (Å²) in [5, 5.41) is 10.0. The van der Waals surface area contributed by atoms with E-state index in [-0.39, 0.29) is 5.91 Å². The van der Waals surface area contributed by atoms with Gasteiger partial charge in [0.1, 0.15) is 10.7 Å². The van der Waals surface area contributed by atoms with Crippen LogP contribution >= 0.6 is 22.9 Å². The summed E-state index contributed by atoms with van der Waals surface area (Å²) < 4.78 is 6.70. The van der Waals surface area contributed by atoms with E-state index in [4.69, 9.17) is 16.3 Å². The van der Waals surface area contributed by atoms with E-state index in [1.807, 2.05) is 18.2 Å². The van der Waals surface area contributed by atoms with Gasteiger partial charge in [-0.05, 0) is 12.1 Å². The van der Waals surface area contributed by atoms with Gasteiger partial charge >= 0.3 is 0 Å². The molecule has 0 radical (unpaired) electrons. The summed E-state index contributed by atoms with van der Waals surface area (Å²) in [4.78, 5) is 16.7. The number of thiazole rings is 1. The maximum absolute atomic E-state index is 12.3. The number of carbonyl (C=O) groups is 1. The summed E-state index contributed by atoms with van der Waals surface area (Å²) in [6.45, 7) is 1.19. The third kappa shape index (κ3) is 4.00. The number of amides is 1. The van der Waals surface area contributed by atoms with Crippen LogP contribution in [-0.2, 0) is 11.3 Å². The zero-order chi connectivity index (χ0) is 16.9. The Balaban J connectivity index is 1.68. The van der Waals surface area contributed by atoms with Gasteiger partial charge in [-0.3, -0.25) is 9.48 Å². The molecule has 3 rings (SSSR count). The summed E-state index contributed by atoms with van der Waals surface area (Å²) in [5.41, 5.74) is 1.87. The van der Waals surface area contributed by atoms with Crippen LogP contribution in [0.5, 0.6) is 0 Å². The Morgan fingerprint density at radius 1 is 1.46 bits per heavy atom. The van der Waals surface area contributed by atoms with Crippen LogP contribution in [0, 0.1) is 0 Å². The van der Waals surface area contributed by atoms with Crippen molar-refractivity contribution >= 4 is 34.5 Å². The second kappa shape index (κ2) is 7.57. The van der Waals surface area contributed by atoms with Crippen molar-refractivity contribution in [3.05, 3.63) is 52.8 Å². The van der Waals surface area contributed by atoms with Crippen molar-refractivity contribution in [1.29, 1.82) is 0 Å². The highest BCUT2D eigenvalue weighted by molar-refractivity contribution is 7.13. The van der Waals surface area contributed by atoms with Crippen molar-refractivity contribution in [3.63, 3.8) is 0 Å². The third-order valence-electron chi connectivity index (χ3n) is 3.22. The SMILES string of the molecule is COCCn1cc(NC(=O)c2csc(-c3cccc(Cl)c3)n2)cn1. The lowest BCUT2D eigenvalue weighted by molar-refractivity contribution is 0.102. The van der Waals surface area contributed by atoms with Gasteiger partial charge in [0.05, 0.1) is 25.0 Å². The maximum atomic E-state index is 12.3. The number of rotatable bonds is 6. The summed E-state index contributed by atoms with van der Waals surface area (Å²) in [6, 6.07) is 7.38. The van der Waals surface area contributed by atoms with E-state index in [1.54, 1.807) is 35.6 Å². The van der Waals surface area contributed by atoms with Gasteiger partial charge in [0.15, 0.2) is 0 Å². The minimum atomic E-state index is -0.272. The molecule has 2 heterocycles. The molecule has 0 saturated heterocycles. The number of nitrogens with zero attached hydrogens (tertiary/aromatic N) is 3. The Morgan fingerprint density at radius 2 is 2.33 bits per heavy atom. The van der Waals surface area contributed by atoms with Crippen molar-refractivity contribution in [1.82, 2.24) is 14.8 Å². The Bertz CT molecular complexity index is 846. The molecule has 1 amide bonds. The zero-order valence-corrected chi connectivity index (χ0v) is 14.5. The monoisotopic (exact) mass is 362 g/mol. The number of halogens is 1. The first kappa shape index (κ1) is 16.6. The van der Waals surface area contributed by atoms with Crippen molar-refractivity contribution in [2.24, 2.45) is 0 Å². The molecule has 0 aliphatic rings. The van der Waals surface area contributed by atoms with Crippen LogP contribution in [0.25, 0.3) is 10.6 Å². The molecule has 8 heteroatoms. The van der Waals surface area contributed by atoms with Gasteiger partial charge in [0.25, 0.3) is 5.91 Å². The maximum Gasteiger partial charge on any atom is 0.275 e. The van der Waals surface area contributed by atoms with E-state index in [9.17, 15) is 4.79 Å². The topological polar surface area (TPSA) is 69.0 Å². The molecule has 1 aromatic carbocycles. The highest BCUT2D eigenvalue weighted by Crippen LogP contribution is 2.26. The van der Waals surface area contributed by atoms with Gasteiger partial charge in [-0.15, -0.1) is 11.3 Å². The van der Waals surface area contributed by atoms with Crippen LogP contribution in [0.3, 0.4) is 0 Å².